The van der Waals surface area contributed by atoms with Gasteiger partial charge in [0.05, 0.1) is 6.61 Å². The minimum atomic E-state index is -1.26. The molecular weight excluding hydrogens is 394 g/mol. The zero-order valence-electron chi connectivity index (χ0n) is 16.8. The summed E-state index contributed by atoms with van der Waals surface area (Å²) in [7, 11) is 0. The first-order chi connectivity index (χ1) is 14.3. The number of carboxylic acids is 3. The molecule has 1 saturated heterocycles. The number of likely N-dealkylation sites (tertiary alicyclic amines) is 1. The number of nitrogens with zero attached hydrogens (tertiary/aromatic N) is 1. The predicted molar refractivity (Wildman–Crippen MR) is 107 cm³/mol. The van der Waals surface area contributed by atoms with Gasteiger partial charge >= 0.3 is 23.9 Å². The Labute approximate surface area is 174 Å². The number of ether oxygens (including phenoxy) is 1. The molecule has 30 heavy (non-hydrogen) atoms. The van der Waals surface area contributed by atoms with Crippen LogP contribution in [0.15, 0.2) is 42.5 Å². The normalized spacial score (nSPS) is 17.0. The second-order valence-electron chi connectivity index (χ2n) is 6.54. The van der Waals surface area contributed by atoms with Crippen LogP contribution in [-0.2, 0) is 30.3 Å². The largest absolute Gasteiger partial charge is 0.480 e. The van der Waals surface area contributed by atoms with Gasteiger partial charge in [-0.25, -0.2) is 9.59 Å². The van der Waals surface area contributed by atoms with E-state index in [0.29, 0.717) is 38.1 Å². The lowest BCUT2D eigenvalue weighted by molar-refractivity contribution is -0.153. The summed E-state index contributed by atoms with van der Waals surface area (Å²) < 4.78 is 5.16. The van der Waals surface area contributed by atoms with E-state index in [1.165, 1.54) is 0 Å². The molecule has 0 saturated carbocycles. The molecule has 0 spiro atoms. The first-order valence-corrected chi connectivity index (χ1v) is 9.59. The minimum absolute atomic E-state index is 0.312. The quantitative estimate of drug-likeness (QED) is 0.402. The lowest BCUT2D eigenvalue weighted by Crippen LogP contribution is -2.48. The Kier molecular flexibility index (Phi) is 10.8. The third-order valence-corrected chi connectivity index (χ3v) is 4.46. The topological polar surface area (TPSA) is 141 Å². The SMILES string of the molecule is CCOC(=O)C(CCc1ccccc1)N1CCC[C@H]1C(=O)O.O=C(O)/C=C\C(=O)O. The van der Waals surface area contributed by atoms with Crippen molar-refractivity contribution in [3.63, 3.8) is 0 Å². The molecule has 1 heterocycles. The number of hydrogen-bond acceptors (Lipinski definition) is 6. The molecule has 1 aliphatic rings. The average Bonchev–Trinajstić information content (AvgIpc) is 3.18. The number of aliphatic carboxylic acids is 3. The standard InChI is InChI=1S/C17H23NO4.C4H4O4/c1-2-22-17(21)15(11-10-13-7-4-3-5-8-13)18-12-6-9-14(18)16(19)20;5-3(6)1-2-4(7)8/h3-5,7-8,14-15H,2,6,9-12H2,1H3,(H,19,20);1-2H,(H,5,6)(H,7,8)/b;2-1-/t14-,15?;/m0./s1. The molecule has 1 aromatic rings. The van der Waals surface area contributed by atoms with Gasteiger partial charge in [-0.3, -0.25) is 14.5 Å². The zero-order valence-corrected chi connectivity index (χ0v) is 16.8. The number of aryl methyl sites for hydroxylation is 1. The van der Waals surface area contributed by atoms with E-state index in [9.17, 15) is 24.3 Å². The van der Waals surface area contributed by atoms with Gasteiger partial charge in [-0.05, 0) is 44.7 Å². The van der Waals surface area contributed by atoms with E-state index in [4.69, 9.17) is 14.9 Å². The fraction of sp³-hybridized carbons (Fsp3) is 0.429. The highest BCUT2D eigenvalue weighted by Gasteiger charge is 2.38. The molecule has 164 valence electrons. The molecule has 1 unspecified atom stereocenters. The van der Waals surface area contributed by atoms with Gasteiger partial charge in [-0.15, -0.1) is 0 Å². The van der Waals surface area contributed by atoms with Crippen molar-refractivity contribution in [3.8, 4) is 0 Å². The van der Waals surface area contributed by atoms with E-state index in [1.54, 1.807) is 11.8 Å². The van der Waals surface area contributed by atoms with E-state index >= 15 is 0 Å². The first-order valence-electron chi connectivity index (χ1n) is 9.59. The average molecular weight is 421 g/mol. The molecule has 3 N–H and O–H groups in total. The first kappa shape index (κ1) is 24.8. The van der Waals surface area contributed by atoms with Crippen molar-refractivity contribution in [1.82, 2.24) is 4.90 Å². The fourth-order valence-corrected chi connectivity index (χ4v) is 3.18. The second-order valence-corrected chi connectivity index (χ2v) is 6.54. The Balaban J connectivity index is 0.000000479. The number of carbonyl (C=O) groups is 4. The molecular formula is C21H27NO8. The van der Waals surface area contributed by atoms with Gasteiger partial charge in [0, 0.05) is 12.2 Å². The summed E-state index contributed by atoms with van der Waals surface area (Å²) in [6.07, 6.45) is 3.82. The van der Waals surface area contributed by atoms with Crippen molar-refractivity contribution < 1.29 is 39.2 Å². The Morgan fingerprint density at radius 3 is 2.20 bits per heavy atom. The molecule has 0 aromatic heterocycles. The number of carbonyl (C=O) groups excluding carboxylic acids is 1. The molecule has 0 radical (unpaired) electrons. The number of esters is 1. The molecule has 9 heteroatoms. The van der Waals surface area contributed by atoms with Crippen LogP contribution < -0.4 is 0 Å². The molecule has 0 bridgehead atoms. The van der Waals surface area contributed by atoms with Crippen LogP contribution in [0.2, 0.25) is 0 Å². The van der Waals surface area contributed by atoms with Gasteiger partial charge in [0.1, 0.15) is 12.1 Å². The Morgan fingerprint density at radius 1 is 1.10 bits per heavy atom. The van der Waals surface area contributed by atoms with Crippen LogP contribution in [0, 0.1) is 0 Å². The third-order valence-electron chi connectivity index (χ3n) is 4.46. The summed E-state index contributed by atoms with van der Waals surface area (Å²) in [5.41, 5.74) is 1.14. The van der Waals surface area contributed by atoms with Crippen LogP contribution in [0.1, 0.15) is 31.7 Å². The highest BCUT2D eigenvalue weighted by Crippen LogP contribution is 2.24. The van der Waals surface area contributed by atoms with Crippen molar-refractivity contribution in [3.05, 3.63) is 48.0 Å². The van der Waals surface area contributed by atoms with Crippen LogP contribution >= 0.6 is 0 Å². The summed E-state index contributed by atoms with van der Waals surface area (Å²) >= 11 is 0. The van der Waals surface area contributed by atoms with Crippen LogP contribution in [-0.4, -0.2) is 69.3 Å². The highest BCUT2D eigenvalue weighted by atomic mass is 16.5. The van der Waals surface area contributed by atoms with Gasteiger partial charge in [0.2, 0.25) is 0 Å². The number of benzene rings is 1. The van der Waals surface area contributed by atoms with Crippen LogP contribution in [0.25, 0.3) is 0 Å². The van der Waals surface area contributed by atoms with Crippen LogP contribution in [0.5, 0.6) is 0 Å². The monoisotopic (exact) mass is 421 g/mol. The molecule has 0 aliphatic carbocycles. The molecule has 2 rings (SSSR count). The van der Waals surface area contributed by atoms with Crippen molar-refractivity contribution in [1.29, 1.82) is 0 Å². The summed E-state index contributed by atoms with van der Waals surface area (Å²) in [6, 6.07) is 8.85. The van der Waals surface area contributed by atoms with E-state index in [0.717, 1.165) is 18.4 Å². The van der Waals surface area contributed by atoms with Gasteiger partial charge in [-0.2, -0.15) is 0 Å². The molecule has 1 aliphatic heterocycles. The van der Waals surface area contributed by atoms with Crippen molar-refractivity contribution >= 4 is 23.9 Å². The van der Waals surface area contributed by atoms with Gasteiger partial charge < -0.3 is 20.1 Å². The van der Waals surface area contributed by atoms with Crippen LogP contribution in [0.3, 0.4) is 0 Å². The Bertz CT molecular complexity index is 731. The fourth-order valence-electron chi connectivity index (χ4n) is 3.18. The highest BCUT2D eigenvalue weighted by molar-refractivity contribution is 5.89. The summed E-state index contributed by atoms with van der Waals surface area (Å²) in [5, 5.41) is 25.0. The summed E-state index contributed by atoms with van der Waals surface area (Å²) in [5.74, 6) is -3.68. The Hall–Kier alpha value is -3.20. The number of hydrogen-bond donors (Lipinski definition) is 3. The van der Waals surface area contributed by atoms with E-state index < -0.39 is 30.0 Å². The van der Waals surface area contributed by atoms with Crippen molar-refractivity contribution in [2.45, 2.75) is 44.7 Å². The van der Waals surface area contributed by atoms with Gasteiger partial charge in [0.25, 0.3) is 0 Å². The lowest BCUT2D eigenvalue weighted by Gasteiger charge is -2.29. The third kappa shape index (κ3) is 8.87. The van der Waals surface area contributed by atoms with Gasteiger partial charge in [0.15, 0.2) is 0 Å². The lowest BCUT2D eigenvalue weighted by atomic mass is 10.0. The maximum absolute atomic E-state index is 12.3. The second kappa shape index (κ2) is 13.1. The number of rotatable bonds is 9. The van der Waals surface area contributed by atoms with Gasteiger partial charge in [-0.1, -0.05) is 30.3 Å². The molecule has 0 amide bonds. The van der Waals surface area contributed by atoms with Crippen LogP contribution in [0.4, 0.5) is 0 Å². The number of carboxylic acid groups (broad SMARTS) is 3. The summed E-state index contributed by atoms with van der Waals surface area (Å²) in [6.45, 7) is 2.71. The molecule has 2 atom stereocenters. The minimum Gasteiger partial charge on any atom is -0.480 e. The van der Waals surface area contributed by atoms with E-state index in [1.807, 2.05) is 30.3 Å². The zero-order chi connectivity index (χ0) is 22.5. The van der Waals surface area contributed by atoms with Crippen molar-refractivity contribution in [2.75, 3.05) is 13.2 Å². The molecule has 9 nitrogen and oxygen atoms in total. The maximum Gasteiger partial charge on any atom is 0.328 e. The smallest absolute Gasteiger partial charge is 0.328 e. The molecule has 1 aromatic carbocycles. The van der Waals surface area contributed by atoms with E-state index in [-0.39, 0.29) is 5.97 Å². The maximum atomic E-state index is 12.3. The predicted octanol–water partition coefficient (Wildman–Crippen LogP) is 1.81. The summed E-state index contributed by atoms with van der Waals surface area (Å²) in [4.78, 5) is 44.5. The van der Waals surface area contributed by atoms with E-state index in [2.05, 4.69) is 0 Å². The van der Waals surface area contributed by atoms with Crippen molar-refractivity contribution in [2.24, 2.45) is 0 Å². The molecule has 1 fully saturated rings. The Morgan fingerprint density at radius 2 is 1.70 bits per heavy atom.